The van der Waals surface area contributed by atoms with E-state index in [-0.39, 0.29) is 11.9 Å². The molecular formula is C20H33N3OS. The standard InChI is InChI=1S/C20H33N3OS/c1-4-5-8-18-13-23(11-10-22(18)12-17(21)14-25)20(24)19-9-6-7-15(2)16(19)3/h6-7,9,17-18,25H,4-5,8,10-14,21H2,1-3H3/t17-,18+/m1/s1. The molecule has 0 aliphatic carbocycles. The number of carbonyl (C=O) groups excluding carboxylic acids is 1. The fourth-order valence-electron chi connectivity index (χ4n) is 3.54. The van der Waals surface area contributed by atoms with Gasteiger partial charge >= 0.3 is 0 Å². The Hall–Kier alpha value is -1.04. The molecule has 1 heterocycles. The van der Waals surface area contributed by atoms with E-state index in [2.05, 4.69) is 37.4 Å². The van der Waals surface area contributed by atoms with Crippen LogP contribution < -0.4 is 5.73 Å². The Labute approximate surface area is 158 Å². The molecule has 1 aromatic carbocycles. The molecule has 1 aromatic rings. The van der Waals surface area contributed by atoms with Crippen molar-refractivity contribution in [1.29, 1.82) is 0 Å². The van der Waals surface area contributed by atoms with Crippen molar-refractivity contribution in [2.45, 2.75) is 52.1 Å². The van der Waals surface area contributed by atoms with E-state index in [0.29, 0.717) is 11.8 Å². The number of unbranched alkanes of at least 4 members (excludes halogenated alkanes) is 1. The SMILES string of the molecule is CCCC[C@H]1CN(C(=O)c2cccc(C)c2C)CCN1C[C@@H](N)CS. The van der Waals surface area contributed by atoms with Gasteiger partial charge in [0, 0.05) is 49.6 Å². The van der Waals surface area contributed by atoms with E-state index in [9.17, 15) is 4.79 Å². The van der Waals surface area contributed by atoms with Crippen LogP contribution in [0.25, 0.3) is 0 Å². The van der Waals surface area contributed by atoms with Crippen LogP contribution in [0.2, 0.25) is 0 Å². The number of thiol groups is 1. The number of carbonyl (C=O) groups is 1. The van der Waals surface area contributed by atoms with Crippen LogP contribution in [0.1, 0.15) is 47.7 Å². The van der Waals surface area contributed by atoms with E-state index in [0.717, 1.165) is 43.7 Å². The van der Waals surface area contributed by atoms with Gasteiger partial charge < -0.3 is 10.6 Å². The van der Waals surface area contributed by atoms with Gasteiger partial charge in [-0.3, -0.25) is 9.69 Å². The third-order valence-electron chi connectivity index (χ3n) is 5.32. The fraction of sp³-hybridized carbons (Fsp3) is 0.650. The van der Waals surface area contributed by atoms with Crippen LogP contribution in [-0.4, -0.2) is 59.7 Å². The number of hydrogen-bond acceptors (Lipinski definition) is 4. The summed E-state index contributed by atoms with van der Waals surface area (Å²) < 4.78 is 0. The van der Waals surface area contributed by atoms with Crippen molar-refractivity contribution in [1.82, 2.24) is 9.80 Å². The lowest BCUT2D eigenvalue weighted by Gasteiger charge is -2.42. The lowest BCUT2D eigenvalue weighted by Crippen LogP contribution is -2.57. The van der Waals surface area contributed by atoms with Crippen LogP contribution in [0, 0.1) is 13.8 Å². The van der Waals surface area contributed by atoms with Gasteiger partial charge in [-0.2, -0.15) is 12.6 Å². The average Bonchev–Trinajstić information content (AvgIpc) is 2.62. The maximum absolute atomic E-state index is 13.0. The molecule has 0 unspecified atom stereocenters. The molecule has 5 heteroatoms. The second-order valence-electron chi connectivity index (χ2n) is 7.23. The number of benzene rings is 1. The number of nitrogens with zero attached hydrogens (tertiary/aromatic N) is 2. The van der Waals surface area contributed by atoms with E-state index in [1.54, 1.807) is 0 Å². The molecule has 2 rings (SSSR count). The zero-order valence-electron chi connectivity index (χ0n) is 15.9. The second-order valence-corrected chi connectivity index (χ2v) is 7.60. The summed E-state index contributed by atoms with van der Waals surface area (Å²) in [7, 11) is 0. The number of piperazine rings is 1. The largest absolute Gasteiger partial charge is 0.336 e. The Morgan fingerprint density at radius 3 is 2.80 bits per heavy atom. The normalized spacial score (nSPS) is 19.9. The van der Waals surface area contributed by atoms with E-state index >= 15 is 0 Å². The maximum atomic E-state index is 13.0. The molecule has 1 amide bonds. The van der Waals surface area contributed by atoms with Gasteiger partial charge in [0.2, 0.25) is 0 Å². The van der Waals surface area contributed by atoms with Gasteiger partial charge in [-0.1, -0.05) is 31.9 Å². The van der Waals surface area contributed by atoms with Crippen LogP contribution in [-0.2, 0) is 0 Å². The first kappa shape index (κ1) is 20.3. The topological polar surface area (TPSA) is 49.6 Å². The van der Waals surface area contributed by atoms with Gasteiger partial charge in [0.1, 0.15) is 0 Å². The Bertz CT molecular complexity index is 578. The van der Waals surface area contributed by atoms with Crippen LogP contribution in [0.15, 0.2) is 18.2 Å². The summed E-state index contributed by atoms with van der Waals surface area (Å²) in [6.45, 7) is 9.65. The Morgan fingerprint density at radius 1 is 1.36 bits per heavy atom. The lowest BCUT2D eigenvalue weighted by molar-refractivity contribution is 0.0447. The highest BCUT2D eigenvalue weighted by Gasteiger charge is 2.30. The molecule has 0 saturated carbocycles. The zero-order chi connectivity index (χ0) is 18.4. The van der Waals surface area contributed by atoms with Gasteiger partial charge in [0.25, 0.3) is 5.91 Å². The maximum Gasteiger partial charge on any atom is 0.254 e. The third-order valence-corrected chi connectivity index (χ3v) is 5.79. The highest BCUT2D eigenvalue weighted by Crippen LogP contribution is 2.20. The Morgan fingerprint density at radius 2 is 2.12 bits per heavy atom. The summed E-state index contributed by atoms with van der Waals surface area (Å²) in [5, 5.41) is 0. The molecule has 0 bridgehead atoms. The first-order valence-corrected chi connectivity index (χ1v) is 10.1. The average molecular weight is 364 g/mol. The van der Waals surface area contributed by atoms with Crippen molar-refractivity contribution >= 4 is 18.5 Å². The number of aryl methyl sites for hydroxylation is 1. The molecule has 0 spiro atoms. The van der Waals surface area contributed by atoms with E-state index in [4.69, 9.17) is 5.73 Å². The van der Waals surface area contributed by atoms with Crippen molar-refractivity contribution in [3.05, 3.63) is 34.9 Å². The lowest BCUT2D eigenvalue weighted by atomic mass is 10.00. The summed E-state index contributed by atoms with van der Waals surface area (Å²) in [6.07, 6.45) is 3.48. The predicted molar refractivity (Wildman–Crippen MR) is 109 cm³/mol. The molecule has 25 heavy (non-hydrogen) atoms. The van der Waals surface area contributed by atoms with Crippen molar-refractivity contribution < 1.29 is 4.79 Å². The monoisotopic (exact) mass is 363 g/mol. The number of rotatable bonds is 7. The van der Waals surface area contributed by atoms with Crippen molar-refractivity contribution in [3.63, 3.8) is 0 Å². The molecule has 1 saturated heterocycles. The summed E-state index contributed by atoms with van der Waals surface area (Å²) >= 11 is 4.32. The van der Waals surface area contributed by atoms with Gasteiger partial charge in [-0.25, -0.2) is 0 Å². The first-order valence-electron chi connectivity index (χ1n) is 9.43. The van der Waals surface area contributed by atoms with Crippen LogP contribution in [0.4, 0.5) is 0 Å². The van der Waals surface area contributed by atoms with E-state index in [1.807, 2.05) is 24.0 Å². The molecule has 140 valence electrons. The van der Waals surface area contributed by atoms with Gasteiger partial charge in [0.15, 0.2) is 0 Å². The fourth-order valence-corrected chi connectivity index (χ4v) is 3.66. The molecule has 1 aliphatic rings. The molecule has 2 atom stereocenters. The molecule has 1 fully saturated rings. The quantitative estimate of drug-likeness (QED) is 0.733. The minimum absolute atomic E-state index is 0.0914. The highest BCUT2D eigenvalue weighted by atomic mass is 32.1. The number of hydrogen-bond donors (Lipinski definition) is 2. The molecule has 0 aromatic heterocycles. The molecule has 4 nitrogen and oxygen atoms in total. The molecular weight excluding hydrogens is 330 g/mol. The highest BCUT2D eigenvalue weighted by molar-refractivity contribution is 7.80. The van der Waals surface area contributed by atoms with Gasteiger partial charge in [-0.15, -0.1) is 0 Å². The predicted octanol–water partition coefficient (Wildman–Crippen LogP) is 2.88. The summed E-state index contributed by atoms with van der Waals surface area (Å²) in [6, 6.07) is 6.48. The molecule has 1 aliphatic heterocycles. The summed E-state index contributed by atoms with van der Waals surface area (Å²) in [4.78, 5) is 17.5. The van der Waals surface area contributed by atoms with Gasteiger partial charge in [0.05, 0.1) is 0 Å². The third kappa shape index (κ3) is 5.22. The van der Waals surface area contributed by atoms with Crippen molar-refractivity contribution in [3.8, 4) is 0 Å². The minimum Gasteiger partial charge on any atom is -0.336 e. The zero-order valence-corrected chi connectivity index (χ0v) is 16.8. The van der Waals surface area contributed by atoms with E-state index in [1.165, 1.54) is 18.4 Å². The van der Waals surface area contributed by atoms with Gasteiger partial charge in [-0.05, 0) is 37.5 Å². The molecule has 2 N–H and O–H groups in total. The number of amides is 1. The van der Waals surface area contributed by atoms with Crippen LogP contribution in [0.5, 0.6) is 0 Å². The number of nitrogens with two attached hydrogens (primary N) is 1. The molecule has 0 radical (unpaired) electrons. The van der Waals surface area contributed by atoms with Crippen LogP contribution >= 0.6 is 12.6 Å². The summed E-state index contributed by atoms with van der Waals surface area (Å²) in [5.41, 5.74) is 9.23. The minimum atomic E-state index is 0.0914. The van der Waals surface area contributed by atoms with E-state index < -0.39 is 0 Å². The Kier molecular flexibility index (Phi) is 7.79. The smallest absolute Gasteiger partial charge is 0.254 e. The first-order chi connectivity index (χ1) is 12.0. The van der Waals surface area contributed by atoms with Crippen molar-refractivity contribution in [2.75, 3.05) is 31.9 Å². The second kappa shape index (κ2) is 9.60. The van der Waals surface area contributed by atoms with Crippen molar-refractivity contribution in [2.24, 2.45) is 5.73 Å². The van der Waals surface area contributed by atoms with Crippen LogP contribution in [0.3, 0.4) is 0 Å². The summed E-state index contributed by atoms with van der Waals surface area (Å²) in [5.74, 6) is 0.864. The Balaban J connectivity index is 2.10.